The molecule has 0 radical (unpaired) electrons. The summed E-state index contributed by atoms with van der Waals surface area (Å²) in [5.74, 6) is 0. The lowest BCUT2D eigenvalue weighted by molar-refractivity contribution is 0.229. The lowest BCUT2D eigenvalue weighted by atomic mass is 10.2. The van der Waals surface area contributed by atoms with Crippen LogP contribution in [0.15, 0.2) is 0 Å². The molecule has 0 aromatic carbocycles. The molecule has 0 saturated heterocycles. The van der Waals surface area contributed by atoms with E-state index in [1.54, 1.807) is 0 Å². The van der Waals surface area contributed by atoms with Gasteiger partial charge < -0.3 is 0 Å². The minimum absolute atomic E-state index is 0.220. The highest BCUT2D eigenvalue weighted by Crippen LogP contribution is 2.25. The van der Waals surface area contributed by atoms with E-state index in [0.29, 0.717) is 0 Å². The maximum atomic E-state index is 12.9. The molecular weight excluding hydrogens is 159 g/mol. The number of halogens is 1. The average molecular weight is 170 g/mol. The first-order valence-corrected chi connectivity index (χ1v) is 4.47. The van der Waals surface area contributed by atoms with Gasteiger partial charge in [-0.2, -0.15) is 8.42 Å². The molecule has 0 heterocycles. The Morgan fingerprint density at radius 3 is 1.70 bits per heavy atom. The standard InChI is InChI=1S/C5H11FO3S/c1-3-5(6,4-2)10(7,8)9/h3-4H2,1-2H3,(H,7,8,9). The quantitative estimate of drug-likeness (QED) is 0.650. The summed E-state index contributed by atoms with van der Waals surface area (Å²) in [5, 5.41) is -2.45. The molecular formula is C5H11FO3S. The van der Waals surface area contributed by atoms with Crippen molar-refractivity contribution < 1.29 is 17.4 Å². The van der Waals surface area contributed by atoms with Gasteiger partial charge in [-0.25, -0.2) is 4.39 Å². The van der Waals surface area contributed by atoms with Crippen molar-refractivity contribution in [1.29, 1.82) is 0 Å². The summed E-state index contributed by atoms with van der Waals surface area (Å²) < 4.78 is 41.8. The Morgan fingerprint density at radius 1 is 1.40 bits per heavy atom. The summed E-state index contributed by atoms with van der Waals surface area (Å²) in [4.78, 5) is 0. The van der Waals surface area contributed by atoms with Crippen LogP contribution in [0.4, 0.5) is 4.39 Å². The van der Waals surface area contributed by atoms with E-state index >= 15 is 0 Å². The summed E-state index contributed by atoms with van der Waals surface area (Å²) in [5.41, 5.74) is 0. The van der Waals surface area contributed by atoms with E-state index in [2.05, 4.69) is 0 Å². The van der Waals surface area contributed by atoms with Gasteiger partial charge in [-0.3, -0.25) is 4.55 Å². The van der Waals surface area contributed by atoms with Gasteiger partial charge in [0.2, 0.25) is 5.00 Å². The largest absolute Gasteiger partial charge is 0.300 e. The average Bonchev–Trinajstić information content (AvgIpc) is 1.84. The maximum Gasteiger partial charge on any atom is 0.300 e. The molecule has 1 N–H and O–H groups in total. The molecule has 62 valence electrons. The Hall–Kier alpha value is -0.160. The molecule has 0 unspecified atom stereocenters. The normalized spacial score (nSPS) is 13.6. The van der Waals surface area contributed by atoms with Crippen molar-refractivity contribution in [2.75, 3.05) is 0 Å². The molecule has 0 bridgehead atoms. The van der Waals surface area contributed by atoms with E-state index in [4.69, 9.17) is 4.55 Å². The lowest BCUT2D eigenvalue weighted by Crippen LogP contribution is -2.31. The van der Waals surface area contributed by atoms with Crippen molar-refractivity contribution in [1.82, 2.24) is 0 Å². The van der Waals surface area contributed by atoms with Crippen LogP contribution in [0.2, 0.25) is 0 Å². The summed E-state index contributed by atoms with van der Waals surface area (Å²) in [6.07, 6.45) is -0.440. The summed E-state index contributed by atoms with van der Waals surface area (Å²) in [6, 6.07) is 0. The third kappa shape index (κ3) is 1.67. The Morgan fingerprint density at radius 2 is 1.70 bits per heavy atom. The number of alkyl halides is 1. The van der Waals surface area contributed by atoms with Crippen LogP contribution in [-0.4, -0.2) is 18.0 Å². The van der Waals surface area contributed by atoms with Gasteiger partial charge in [-0.05, 0) is 12.8 Å². The van der Waals surface area contributed by atoms with Crippen LogP contribution in [0.25, 0.3) is 0 Å². The predicted molar refractivity (Wildman–Crippen MR) is 36.0 cm³/mol. The minimum Gasteiger partial charge on any atom is -0.283 e. The molecule has 0 aliphatic carbocycles. The molecule has 0 saturated carbocycles. The van der Waals surface area contributed by atoms with Crippen molar-refractivity contribution in [3.05, 3.63) is 0 Å². The van der Waals surface area contributed by atoms with Crippen molar-refractivity contribution >= 4 is 10.1 Å². The summed E-state index contributed by atoms with van der Waals surface area (Å²) >= 11 is 0. The number of rotatable bonds is 3. The van der Waals surface area contributed by atoms with Crippen LogP contribution in [0.1, 0.15) is 26.7 Å². The second-order valence-corrected chi connectivity index (χ2v) is 3.75. The zero-order valence-corrected chi connectivity index (χ0v) is 6.78. The van der Waals surface area contributed by atoms with Crippen LogP contribution in [0.5, 0.6) is 0 Å². The molecule has 10 heavy (non-hydrogen) atoms. The van der Waals surface area contributed by atoms with Crippen LogP contribution in [0, 0.1) is 0 Å². The fourth-order valence-electron chi connectivity index (χ4n) is 0.615. The molecule has 0 aliphatic rings. The predicted octanol–water partition coefficient (Wildman–Crippen LogP) is 1.36. The second-order valence-electron chi connectivity index (χ2n) is 2.07. The molecule has 0 aliphatic heterocycles. The zero-order valence-electron chi connectivity index (χ0n) is 5.96. The topological polar surface area (TPSA) is 54.4 Å². The molecule has 0 fully saturated rings. The first-order valence-electron chi connectivity index (χ1n) is 3.03. The van der Waals surface area contributed by atoms with E-state index in [9.17, 15) is 12.8 Å². The Bertz CT molecular complexity index is 193. The van der Waals surface area contributed by atoms with Crippen molar-refractivity contribution in [3.8, 4) is 0 Å². The highest BCUT2D eigenvalue weighted by molar-refractivity contribution is 7.87. The first kappa shape index (κ1) is 9.84. The SMILES string of the molecule is CCC(F)(CC)S(=O)(=O)O. The summed E-state index contributed by atoms with van der Waals surface area (Å²) in [6.45, 7) is 2.74. The van der Waals surface area contributed by atoms with Crippen molar-refractivity contribution in [3.63, 3.8) is 0 Å². The zero-order chi connectivity index (χ0) is 8.41. The lowest BCUT2D eigenvalue weighted by Gasteiger charge is -2.17. The second kappa shape index (κ2) is 2.84. The third-order valence-electron chi connectivity index (χ3n) is 1.52. The Balaban J connectivity index is 4.68. The number of hydrogen-bond acceptors (Lipinski definition) is 2. The first-order chi connectivity index (χ1) is 4.37. The Labute approximate surface area is 60.0 Å². The van der Waals surface area contributed by atoms with Gasteiger partial charge in [0.15, 0.2) is 0 Å². The minimum atomic E-state index is -4.53. The van der Waals surface area contributed by atoms with Gasteiger partial charge in [0.05, 0.1) is 0 Å². The fraction of sp³-hybridized carbons (Fsp3) is 1.00. The highest BCUT2D eigenvalue weighted by Gasteiger charge is 2.39. The van der Waals surface area contributed by atoms with E-state index in [0.717, 1.165) is 0 Å². The molecule has 3 nitrogen and oxygen atoms in total. The fourth-order valence-corrected chi connectivity index (χ4v) is 1.34. The third-order valence-corrected chi connectivity index (χ3v) is 3.02. The van der Waals surface area contributed by atoms with Crippen molar-refractivity contribution in [2.24, 2.45) is 0 Å². The molecule has 5 heteroatoms. The van der Waals surface area contributed by atoms with E-state index in [1.165, 1.54) is 13.8 Å². The van der Waals surface area contributed by atoms with Gasteiger partial charge in [0, 0.05) is 0 Å². The van der Waals surface area contributed by atoms with Gasteiger partial charge >= 0.3 is 0 Å². The molecule has 0 aromatic heterocycles. The van der Waals surface area contributed by atoms with Gasteiger partial charge in [0.25, 0.3) is 10.1 Å². The molecule has 0 rings (SSSR count). The van der Waals surface area contributed by atoms with Gasteiger partial charge in [-0.1, -0.05) is 13.8 Å². The van der Waals surface area contributed by atoms with Crippen LogP contribution < -0.4 is 0 Å². The molecule has 0 atom stereocenters. The maximum absolute atomic E-state index is 12.9. The van der Waals surface area contributed by atoms with Crippen LogP contribution in [0.3, 0.4) is 0 Å². The molecule has 0 amide bonds. The highest BCUT2D eigenvalue weighted by atomic mass is 32.2. The van der Waals surface area contributed by atoms with E-state index in [1.807, 2.05) is 0 Å². The van der Waals surface area contributed by atoms with Gasteiger partial charge in [0.1, 0.15) is 0 Å². The van der Waals surface area contributed by atoms with E-state index in [-0.39, 0.29) is 12.8 Å². The smallest absolute Gasteiger partial charge is 0.283 e. The molecule has 0 aromatic rings. The van der Waals surface area contributed by atoms with Crippen molar-refractivity contribution in [2.45, 2.75) is 31.7 Å². The van der Waals surface area contributed by atoms with Crippen LogP contribution >= 0.6 is 0 Å². The monoisotopic (exact) mass is 170 g/mol. The van der Waals surface area contributed by atoms with E-state index < -0.39 is 15.1 Å². The Kier molecular flexibility index (Phi) is 2.79. The van der Waals surface area contributed by atoms with Gasteiger partial charge in [-0.15, -0.1) is 0 Å². The van der Waals surface area contributed by atoms with Crippen LogP contribution in [-0.2, 0) is 10.1 Å². The summed E-state index contributed by atoms with van der Waals surface area (Å²) in [7, 11) is -4.53. The molecule has 0 spiro atoms. The number of hydrogen-bond donors (Lipinski definition) is 1.